The van der Waals surface area contributed by atoms with E-state index in [-0.39, 0.29) is 5.54 Å². The van der Waals surface area contributed by atoms with Crippen LogP contribution in [0.5, 0.6) is 0 Å². The fourth-order valence-corrected chi connectivity index (χ4v) is 1.44. The number of hydrogen-bond acceptors (Lipinski definition) is 4. The van der Waals surface area contributed by atoms with E-state index in [1.165, 1.54) is 11.9 Å². The Balaban J connectivity index is 4.25. The van der Waals surface area contributed by atoms with Crippen molar-refractivity contribution < 1.29 is 0 Å². The van der Waals surface area contributed by atoms with Crippen molar-refractivity contribution in [3.8, 4) is 0 Å². The van der Waals surface area contributed by atoms with Crippen LogP contribution >= 0.6 is 11.9 Å². The van der Waals surface area contributed by atoms with Gasteiger partial charge in [-0.3, -0.25) is 5.43 Å². The second-order valence-corrected chi connectivity index (χ2v) is 4.49. The zero-order valence-corrected chi connectivity index (χ0v) is 9.40. The van der Waals surface area contributed by atoms with Crippen LogP contribution in [0.2, 0.25) is 0 Å². The third-order valence-corrected chi connectivity index (χ3v) is 3.47. The van der Waals surface area contributed by atoms with Gasteiger partial charge in [0.2, 0.25) is 0 Å². The standard InChI is InChI=1S/C8H19N3S/c1-7(12-10-5)8(2,3)11(6)9-4/h7,9H,5H2,1-4,6H3. The van der Waals surface area contributed by atoms with E-state index < -0.39 is 0 Å². The molecule has 12 heavy (non-hydrogen) atoms. The minimum atomic E-state index is 0.0700. The van der Waals surface area contributed by atoms with Crippen molar-refractivity contribution >= 4 is 18.7 Å². The highest BCUT2D eigenvalue weighted by atomic mass is 32.2. The molecule has 0 radical (unpaired) electrons. The van der Waals surface area contributed by atoms with Crippen LogP contribution in [0.25, 0.3) is 0 Å². The Morgan fingerprint density at radius 2 is 2.08 bits per heavy atom. The molecule has 1 unspecified atom stereocenters. The summed E-state index contributed by atoms with van der Waals surface area (Å²) in [5.74, 6) is 0. The Bertz CT molecular complexity index is 147. The van der Waals surface area contributed by atoms with Crippen LogP contribution in [0.1, 0.15) is 20.8 Å². The fraction of sp³-hybridized carbons (Fsp3) is 0.875. The Morgan fingerprint density at radius 1 is 1.58 bits per heavy atom. The van der Waals surface area contributed by atoms with Crippen molar-refractivity contribution in [1.29, 1.82) is 0 Å². The van der Waals surface area contributed by atoms with Gasteiger partial charge in [-0.05, 0) is 46.5 Å². The molecule has 0 amide bonds. The smallest absolute Gasteiger partial charge is 0.0430 e. The summed E-state index contributed by atoms with van der Waals surface area (Å²) in [7, 11) is 3.95. The maximum Gasteiger partial charge on any atom is 0.0430 e. The van der Waals surface area contributed by atoms with E-state index in [9.17, 15) is 0 Å². The minimum absolute atomic E-state index is 0.0700. The lowest BCUT2D eigenvalue weighted by molar-refractivity contribution is 0.106. The molecular weight excluding hydrogens is 170 g/mol. The monoisotopic (exact) mass is 189 g/mol. The first-order chi connectivity index (χ1) is 5.46. The predicted molar refractivity (Wildman–Crippen MR) is 57.5 cm³/mol. The van der Waals surface area contributed by atoms with E-state index in [1.54, 1.807) is 0 Å². The highest BCUT2D eigenvalue weighted by Gasteiger charge is 2.30. The van der Waals surface area contributed by atoms with Crippen molar-refractivity contribution in [3.63, 3.8) is 0 Å². The number of nitrogens with one attached hydrogen (secondary N) is 1. The van der Waals surface area contributed by atoms with E-state index in [1.807, 2.05) is 14.1 Å². The Morgan fingerprint density at radius 3 is 2.42 bits per heavy atom. The molecular formula is C8H19N3S. The maximum absolute atomic E-state index is 3.83. The Hall–Kier alpha value is -0.0600. The van der Waals surface area contributed by atoms with Gasteiger partial charge in [0.15, 0.2) is 0 Å². The van der Waals surface area contributed by atoms with E-state index in [0.717, 1.165) is 0 Å². The molecule has 1 atom stereocenters. The van der Waals surface area contributed by atoms with Crippen LogP contribution in [0.3, 0.4) is 0 Å². The molecule has 0 aromatic heterocycles. The van der Waals surface area contributed by atoms with Crippen molar-refractivity contribution in [1.82, 2.24) is 10.4 Å². The van der Waals surface area contributed by atoms with Gasteiger partial charge in [-0.2, -0.15) is 0 Å². The van der Waals surface area contributed by atoms with Gasteiger partial charge >= 0.3 is 0 Å². The van der Waals surface area contributed by atoms with Gasteiger partial charge in [-0.1, -0.05) is 0 Å². The lowest BCUT2D eigenvalue weighted by Gasteiger charge is -2.38. The predicted octanol–water partition coefficient (Wildman–Crippen LogP) is 1.57. The number of hydrogen-bond donors (Lipinski definition) is 1. The van der Waals surface area contributed by atoms with Crippen LogP contribution < -0.4 is 5.43 Å². The second-order valence-electron chi connectivity index (χ2n) is 3.31. The number of hydrazine groups is 1. The molecule has 0 saturated carbocycles. The molecule has 72 valence electrons. The average Bonchev–Trinajstić information content (AvgIpc) is 2.03. The normalized spacial score (nSPS) is 14.8. The summed E-state index contributed by atoms with van der Waals surface area (Å²) in [6, 6.07) is 0. The van der Waals surface area contributed by atoms with Crippen molar-refractivity contribution in [2.75, 3.05) is 14.1 Å². The first-order valence-corrected chi connectivity index (χ1v) is 4.83. The molecule has 0 bridgehead atoms. The topological polar surface area (TPSA) is 27.6 Å². The van der Waals surface area contributed by atoms with E-state index >= 15 is 0 Å². The van der Waals surface area contributed by atoms with E-state index in [4.69, 9.17) is 0 Å². The largest absolute Gasteiger partial charge is 0.258 e. The molecule has 4 heteroatoms. The summed E-state index contributed by atoms with van der Waals surface area (Å²) in [4.78, 5) is 0. The van der Waals surface area contributed by atoms with Crippen LogP contribution in [0, 0.1) is 0 Å². The number of rotatable bonds is 5. The number of nitrogens with zero attached hydrogens (tertiary/aromatic N) is 2. The van der Waals surface area contributed by atoms with Gasteiger partial charge in [0.25, 0.3) is 0 Å². The van der Waals surface area contributed by atoms with E-state index in [2.05, 4.69) is 42.3 Å². The summed E-state index contributed by atoms with van der Waals surface area (Å²) in [5, 5.41) is 2.49. The summed E-state index contributed by atoms with van der Waals surface area (Å²) >= 11 is 1.51. The zero-order valence-electron chi connectivity index (χ0n) is 8.59. The van der Waals surface area contributed by atoms with Gasteiger partial charge in [-0.25, -0.2) is 9.41 Å². The molecule has 0 heterocycles. The molecule has 3 nitrogen and oxygen atoms in total. The first-order valence-electron chi connectivity index (χ1n) is 3.99. The molecule has 0 fully saturated rings. The fourth-order valence-electron chi connectivity index (χ4n) is 0.802. The van der Waals surface area contributed by atoms with Gasteiger partial charge in [0.1, 0.15) is 0 Å². The third-order valence-electron chi connectivity index (χ3n) is 2.43. The average molecular weight is 189 g/mol. The second kappa shape index (κ2) is 4.84. The van der Waals surface area contributed by atoms with Crippen molar-refractivity contribution in [3.05, 3.63) is 0 Å². The highest BCUT2D eigenvalue weighted by molar-refractivity contribution is 7.98. The zero-order chi connectivity index (χ0) is 9.78. The van der Waals surface area contributed by atoms with Crippen LogP contribution in [0.4, 0.5) is 0 Å². The lowest BCUT2D eigenvalue weighted by atomic mass is 10.0. The van der Waals surface area contributed by atoms with Gasteiger partial charge in [-0.15, -0.1) is 0 Å². The summed E-state index contributed by atoms with van der Waals surface area (Å²) in [6.45, 7) is 9.97. The van der Waals surface area contributed by atoms with E-state index in [0.29, 0.717) is 5.25 Å². The Labute approximate surface area is 79.7 Å². The molecule has 0 rings (SSSR count). The lowest BCUT2D eigenvalue weighted by Crippen LogP contribution is -2.53. The molecule has 0 spiro atoms. The molecule has 0 aromatic rings. The summed E-state index contributed by atoms with van der Waals surface area (Å²) < 4.78 is 3.83. The molecule has 0 aliphatic carbocycles. The first kappa shape index (κ1) is 11.9. The molecule has 0 aromatic carbocycles. The van der Waals surface area contributed by atoms with Crippen molar-refractivity contribution in [2.24, 2.45) is 4.40 Å². The Kier molecular flexibility index (Phi) is 4.82. The van der Waals surface area contributed by atoms with Crippen LogP contribution in [-0.2, 0) is 0 Å². The van der Waals surface area contributed by atoms with Gasteiger partial charge in [0, 0.05) is 17.8 Å². The van der Waals surface area contributed by atoms with Crippen LogP contribution in [-0.4, -0.2) is 36.6 Å². The molecule has 0 aliphatic rings. The summed E-state index contributed by atoms with van der Waals surface area (Å²) in [6.07, 6.45) is 0. The molecule has 0 saturated heterocycles. The SMILES string of the molecule is C=NSC(C)C(C)(C)N(C)NC. The minimum Gasteiger partial charge on any atom is -0.258 e. The van der Waals surface area contributed by atoms with Crippen molar-refractivity contribution in [2.45, 2.75) is 31.6 Å². The van der Waals surface area contributed by atoms with Crippen LogP contribution in [0.15, 0.2) is 4.40 Å². The third kappa shape index (κ3) is 2.77. The van der Waals surface area contributed by atoms with Gasteiger partial charge < -0.3 is 0 Å². The molecule has 0 aliphatic heterocycles. The summed E-state index contributed by atoms with van der Waals surface area (Å²) in [5.41, 5.74) is 3.17. The van der Waals surface area contributed by atoms with Gasteiger partial charge in [0.05, 0.1) is 0 Å². The molecule has 1 N–H and O–H groups in total. The maximum atomic E-state index is 3.83. The highest BCUT2D eigenvalue weighted by Crippen LogP contribution is 2.26. The quantitative estimate of drug-likeness (QED) is 0.404.